The maximum absolute atomic E-state index is 12.6. The van der Waals surface area contributed by atoms with Gasteiger partial charge in [0.05, 0.1) is 16.8 Å². The van der Waals surface area contributed by atoms with Crippen LogP contribution in [0, 0.1) is 6.92 Å². The van der Waals surface area contributed by atoms with Crippen LogP contribution < -0.4 is 10.6 Å². The lowest BCUT2D eigenvalue weighted by Gasteiger charge is -2.27. The molecule has 23 heavy (non-hydrogen) atoms. The molecular formula is C15H12N3O5. The van der Waals surface area contributed by atoms with Gasteiger partial charge in [-0.3, -0.25) is 34.2 Å². The number of carbonyl (C=O) groups excluding carboxylic acids is 5. The molecule has 1 aromatic rings. The molecule has 0 spiro atoms. The second kappa shape index (κ2) is 5.31. The summed E-state index contributed by atoms with van der Waals surface area (Å²) in [6.07, 6.45) is 0.124. The highest BCUT2D eigenvalue weighted by Gasteiger charge is 2.45. The third-order valence-corrected chi connectivity index (χ3v) is 3.74. The van der Waals surface area contributed by atoms with Crippen molar-refractivity contribution >= 4 is 35.2 Å². The van der Waals surface area contributed by atoms with Crippen LogP contribution >= 0.6 is 0 Å². The number of fused-ring (bicyclic) bond motifs is 1. The van der Waals surface area contributed by atoms with Gasteiger partial charge in [-0.05, 0) is 18.6 Å². The van der Waals surface area contributed by atoms with Crippen LogP contribution in [0.4, 0.5) is 5.69 Å². The van der Waals surface area contributed by atoms with Crippen molar-refractivity contribution in [2.45, 2.75) is 18.9 Å². The summed E-state index contributed by atoms with van der Waals surface area (Å²) in [5.41, 5.74) is 0.292. The van der Waals surface area contributed by atoms with Crippen molar-refractivity contribution in [3.05, 3.63) is 36.2 Å². The lowest BCUT2D eigenvalue weighted by atomic mass is 10.0. The fourth-order valence-electron chi connectivity index (χ4n) is 2.77. The minimum atomic E-state index is -1.04. The Balaban J connectivity index is 1.99. The van der Waals surface area contributed by atoms with E-state index in [9.17, 15) is 24.0 Å². The molecule has 8 heteroatoms. The number of carbonyl (C=O) groups is 5. The standard InChI is InChI=1S/C15H12N3O5/c1-7(19)16-9-4-2-3-8-12(9)15(23)18(14(8)22)10-5-6-11(20)17-13(10)21/h2-4,10H,1,5-6H2,(H,16,19)(H,17,20,21). The highest BCUT2D eigenvalue weighted by molar-refractivity contribution is 6.26. The van der Waals surface area contributed by atoms with E-state index in [0.717, 1.165) is 4.90 Å². The van der Waals surface area contributed by atoms with Crippen LogP contribution in [0.2, 0.25) is 0 Å². The van der Waals surface area contributed by atoms with E-state index in [0.29, 0.717) is 0 Å². The average molecular weight is 314 g/mol. The summed E-state index contributed by atoms with van der Waals surface area (Å²) in [7, 11) is 0. The fourth-order valence-corrected chi connectivity index (χ4v) is 2.77. The zero-order chi connectivity index (χ0) is 16.7. The van der Waals surface area contributed by atoms with E-state index in [1.54, 1.807) is 0 Å². The van der Waals surface area contributed by atoms with Crippen molar-refractivity contribution < 1.29 is 24.0 Å². The molecule has 2 heterocycles. The second-order valence-corrected chi connectivity index (χ2v) is 5.22. The third kappa shape index (κ3) is 2.37. The molecule has 1 unspecified atom stereocenters. The molecule has 0 saturated carbocycles. The van der Waals surface area contributed by atoms with E-state index in [1.807, 2.05) is 0 Å². The maximum atomic E-state index is 12.6. The number of rotatable bonds is 2. The molecule has 1 aromatic carbocycles. The molecule has 1 radical (unpaired) electrons. The molecule has 0 bridgehead atoms. The SMILES string of the molecule is [CH2]C(=O)Nc1cccc2c1C(=O)N(C1CCC(=O)NC1=O)C2=O. The Morgan fingerprint density at radius 3 is 2.61 bits per heavy atom. The number of benzene rings is 1. The monoisotopic (exact) mass is 314 g/mol. The molecule has 0 aliphatic carbocycles. The number of piperidine rings is 1. The number of nitrogens with zero attached hydrogens (tertiary/aromatic N) is 1. The van der Waals surface area contributed by atoms with Gasteiger partial charge in [0.15, 0.2) is 0 Å². The minimum absolute atomic E-state index is 0.0270. The molecule has 1 saturated heterocycles. The Morgan fingerprint density at radius 2 is 1.96 bits per heavy atom. The number of amides is 5. The largest absolute Gasteiger partial charge is 0.325 e. The molecular weight excluding hydrogens is 302 g/mol. The molecule has 2 aliphatic rings. The zero-order valence-corrected chi connectivity index (χ0v) is 11.9. The lowest BCUT2D eigenvalue weighted by Crippen LogP contribution is -2.54. The van der Waals surface area contributed by atoms with Crippen LogP contribution in [0.15, 0.2) is 18.2 Å². The van der Waals surface area contributed by atoms with E-state index in [-0.39, 0.29) is 29.7 Å². The van der Waals surface area contributed by atoms with E-state index in [4.69, 9.17) is 0 Å². The van der Waals surface area contributed by atoms with Crippen LogP contribution in [0.25, 0.3) is 0 Å². The van der Waals surface area contributed by atoms with Crippen molar-refractivity contribution in [2.24, 2.45) is 0 Å². The molecule has 117 valence electrons. The second-order valence-electron chi connectivity index (χ2n) is 5.22. The molecule has 8 nitrogen and oxygen atoms in total. The predicted octanol–water partition coefficient (Wildman–Crippen LogP) is -0.140. The van der Waals surface area contributed by atoms with Gasteiger partial charge in [-0.1, -0.05) is 6.07 Å². The number of hydrogen-bond donors (Lipinski definition) is 2. The van der Waals surface area contributed by atoms with Crippen LogP contribution in [0.1, 0.15) is 33.6 Å². The normalized spacial score (nSPS) is 20.4. The van der Waals surface area contributed by atoms with E-state index >= 15 is 0 Å². The summed E-state index contributed by atoms with van der Waals surface area (Å²) < 4.78 is 0. The Kier molecular flexibility index (Phi) is 3.44. The summed E-state index contributed by atoms with van der Waals surface area (Å²) in [6.45, 7) is 3.17. The van der Waals surface area contributed by atoms with E-state index < -0.39 is 35.6 Å². The molecule has 3 rings (SSSR count). The summed E-state index contributed by atoms with van der Waals surface area (Å²) in [5.74, 6) is -3.05. The van der Waals surface area contributed by atoms with Gasteiger partial charge in [-0.25, -0.2) is 0 Å². The quantitative estimate of drug-likeness (QED) is 0.738. The van der Waals surface area contributed by atoms with Crippen molar-refractivity contribution in [3.63, 3.8) is 0 Å². The fraction of sp³-hybridized carbons (Fsp3) is 0.200. The van der Waals surface area contributed by atoms with Gasteiger partial charge < -0.3 is 5.32 Å². The Labute approximate surface area is 130 Å². The van der Waals surface area contributed by atoms with E-state index in [2.05, 4.69) is 17.6 Å². The van der Waals surface area contributed by atoms with Gasteiger partial charge >= 0.3 is 0 Å². The number of nitrogens with one attached hydrogen (secondary N) is 2. The summed E-state index contributed by atoms with van der Waals surface area (Å²) >= 11 is 0. The number of anilines is 1. The minimum Gasteiger partial charge on any atom is -0.325 e. The van der Waals surface area contributed by atoms with Gasteiger partial charge in [0.1, 0.15) is 6.04 Å². The summed E-state index contributed by atoms with van der Waals surface area (Å²) in [4.78, 5) is 60.2. The first-order valence-corrected chi connectivity index (χ1v) is 6.87. The van der Waals surface area contributed by atoms with Crippen LogP contribution in [-0.2, 0) is 14.4 Å². The number of hydrogen-bond acceptors (Lipinski definition) is 5. The van der Waals surface area contributed by atoms with Gasteiger partial charge in [0, 0.05) is 13.3 Å². The van der Waals surface area contributed by atoms with Crippen molar-refractivity contribution in [1.29, 1.82) is 0 Å². The smallest absolute Gasteiger partial charge is 0.264 e. The predicted molar refractivity (Wildman–Crippen MR) is 77.1 cm³/mol. The Bertz CT molecular complexity index is 770. The van der Waals surface area contributed by atoms with Gasteiger partial charge in [0.2, 0.25) is 17.7 Å². The van der Waals surface area contributed by atoms with Crippen LogP contribution in [-0.4, -0.2) is 40.5 Å². The average Bonchev–Trinajstić information content (AvgIpc) is 2.72. The molecule has 2 N–H and O–H groups in total. The van der Waals surface area contributed by atoms with Crippen molar-refractivity contribution in [1.82, 2.24) is 10.2 Å². The Hall–Kier alpha value is -3.03. The zero-order valence-electron chi connectivity index (χ0n) is 11.9. The topological polar surface area (TPSA) is 113 Å². The highest BCUT2D eigenvalue weighted by atomic mass is 16.2. The van der Waals surface area contributed by atoms with Crippen LogP contribution in [0.5, 0.6) is 0 Å². The van der Waals surface area contributed by atoms with Gasteiger partial charge in [-0.15, -0.1) is 0 Å². The first-order chi connectivity index (χ1) is 10.9. The van der Waals surface area contributed by atoms with Crippen molar-refractivity contribution in [2.75, 3.05) is 5.32 Å². The lowest BCUT2D eigenvalue weighted by molar-refractivity contribution is -0.136. The molecule has 2 aliphatic heterocycles. The van der Waals surface area contributed by atoms with Gasteiger partial charge in [-0.2, -0.15) is 0 Å². The molecule has 1 atom stereocenters. The maximum Gasteiger partial charge on any atom is 0.264 e. The van der Waals surface area contributed by atoms with Gasteiger partial charge in [0.25, 0.3) is 11.8 Å². The Morgan fingerprint density at radius 1 is 1.22 bits per heavy atom. The summed E-state index contributed by atoms with van der Waals surface area (Å²) in [5, 5.41) is 4.51. The first-order valence-electron chi connectivity index (χ1n) is 6.87. The highest BCUT2D eigenvalue weighted by Crippen LogP contribution is 2.32. The number of imide groups is 2. The first kappa shape index (κ1) is 14.9. The summed E-state index contributed by atoms with van der Waals surface area (Å²) in [6, 6.07) is 3.40. The van der Waals surface area contributed by atoms with Crippen molar-refractivity contribution in [3.8, 4) is 0 Å². The van der Waals surface area contributed by atoms with Crippen LogP contribution in [0.3, 0.4) is 0 Å². The molecule has 0 aromatic heterocycles. The van der Waals surface area contributed by atoms with E-state index in [1.165, 1.54) is 18.2 Å². The third-order valence-electron chi connectivity index (χ3n) is 3.74. The molecule has 1 fully saturated rings. The molecule has 5 amide bonds.